The van der Waals surface area contributed by atoms with E-state index in [2.05, 4.69) is 5.32 Å². The summed E-state index contributed by atoms with van der Waals surface area (Å²) in [6.07, 6.45) is 0. The fourth-order valence-electron chi connectivity index (χ4n) is 2.55. The van der Waals surface area contributed by atoms with Crippen molar-refractivity contribution < 1.29 is 22.8 Å². The molecule has 27 heavy (non-hydrogen) atoms. The van der Waals surface area contributed by atoms with Crippen molar-refractivity contribution in [2.24, 2.45) is 5.14 Å². The summed E-state index contributed by atoms with van der Waals surface area (Å²) >= 11 is 0. The maximum atomic E-state index is 12.5. The number of hydrogen-bond donors (Lipinski definition) is 3. The van der Waals surface area contributed by atoms with Crippen LogP contribution in [-0.2, 0) is 21.4 Å². The van der Waals surface area contributed by atoms with E-state index in [4.69, 9.17) is 9.88 Å². The van der Waals surface area contributed by atoms with Gasteiger partial charge >= 0.3 is 0 Å². The maximum Gasteiger partial charge on any atom is 0.282 e. The summed E-state index contributed by atoms with van der Waals surface area (Å²) in [4.78, 5) is 13.5. The minimum absolute atomic E-state index is 0.00629. The van der Waals surface area contributed by atoms with Crippen molar-refractivity contribution in [3.05, 3.63) is 54.1 Å². The predicted molar refractivity (Wildman–Crippen MR) is 104 cm³/mol. The molecule has 0 spiro atoms. The van der Waals surface area contributed by atoms with Crippen LogP contribution in [0.2, 0.25) is 0 Å². The maximum absolute atomic E-state index is 12.5. The lowest BCUT2D eigenvalue weighted by molar-refractivity contribution is -0.907. The standard InChI is InChI=1S/C19H25N3O4S/c1-4-26-17-9-5-15(6-10-17)13-22(3)14(2)19(23)21-16-7-11-18(12-8-16)27(20,24)25/h5-12,14H,4,13H2,1-3H3,(H,21,23)(H2,20,24,25)/p+1/t14-/m1/s1. The van der Waals surface area contributed by atoms with Crippen molar-refractivity contribution >= 4 is 21.6 Å². The average molecular weight is 393 g/mol. The lowest BCUT2D eigenvalue weighted by Gasteiger charge is -2.21. The van der Waals surface area contributed by atoms with Gasteiger partial charge in [-0.15, -0.1) is 0 Å². The lowest BCUT2D eigenvalue weighted by atomic mass is 10.1. The summed E-state index contributed by atoms with van der Waals surface area (Å²) in [7, 11) is -1.80. The highest BCUT2D eigenvalue weighted by atomic mass is 32.2. The normalized spacial score (nSPS) is 13.6. The van der Waals surface area contributed by atoms with Crippen molar-refractivity contribution in [3.8, 4) is 5.75 Å². The summed E-state index contributed by atoms with van der Waals surface area (Å²) in [6.45, 7) is 5.10. The molecule has 0 aliphatic heterocycles. The van der Waals surface area contributed by atoms with E-state index in [-0.39, 0.29) is 16.8 Å². The van der Waals surface area contributed by atoms with Crippen LogP contribution >= 0.6 is 0 Å². The van der Waals surface area contributed by atoms with E-state index in [1.165, 1.54) is 24.3 Å². The Kier molecular flexibility index (Phi) is 6.95. The Labute approximate surface area is 160 Å². The Morgan fingerprint density at radius 2 is 1.74 bits per heavy atom. The molecule has 8 heteroatoms. The summed E-state index contributed by atoms with van der Waals surface area (Å²) in [6, 6.07) is 13.3. The van der Waals surface area contributed by atoms with Gasteiger partial charge in [0.1, 0.15) is 12.3 Å². The van der Waals surface area contributed by atoms with Gasteiger partial charge < -0.3 is 15.0 Å². The molecule has 0 aliphatic carbocycles. The molecular formula is C19H26N3O4S+. The third kappa shape index (κ3) is 6.06. The molecule has 1 unspecified atom stereocenters. The fraction of sp³-hybridized carbons (Fsp3) is 0.316. The van der Waals surface area contributed by atoms with Crippen LogP contribution in [0.25, 0.3) is 0 Å². The molecule has 0 fully saturated rings. The van der Waals surface area contributed by atoms with Gasteiger partial charge in [-0.3, -0.25) is 4.79 Å². The van der Waals surface area contributed by atoms with Gasteiger partial charge in [-0.05, 0) is 62.4 Å². The van der Waals surface area contributed by atoms with Gasteiger partial charge in [0, 0.05) is 11.3 Å². The molecule has 0 heterocycles. The number of nitrogens with two attached hydrogens (primary N) is 1. The molecule has 4 N–H and O–H groups in total. The molecule has 2 rings (SSSR count). The molecular weight excluding hydrogens is 366 g/mol. The number of primary sulfonamides is 1. The molecule has 7 nitrogen and oxygen atoms in total. The van der Waals surface area contributed by atoms with Crippen LogP contribution in [0.15, 0.2) is 53.4 Å². The zero-order valence-corrected chi connectivity index (χ0v) is 16.5. The predicted octanol–water partition coefficient (Wildman–Crippen LogP) is 0.775. The molecule has 0 aromatic heterocycles. The minimum atomic E-state index is -3.75. The highest BCUT2D eigenvalue weighted by Gasteiger charge is 2.22. The summed E-state index contributed by atoms with van der Waals surface area (Å²) in [5.41, 5.74) is 1.63. The Bertz CT molecular complexity index is 865. The number of quaternary nitrogens is 1. The number of amides is 1. The molecule has 2 aromatic carbocycles. The van der Waals surface area contributed by atoms with Gasteiger partial charge in [0.25, 0.3) is 5.91 Å². The Hall–Kier alpha value is -2.42. The molecule has 0 aliphatic rings. The largest absolute Gasteiger partial charge is 0.494 e. The highest BCUT2D eigenvalue weighted by molar-refractivity contribution is 7.89. The van der Waals surface area contributed by atoms with Crippen molar-refractivity contribution in [2.75, 3.05) is 19.0 Å². The number of ether oxygens (including phenoxy) is 1. The first-order chi connectivity index (χ1) is 12.7. The zero-order valence-electron chi connectivity index (χ0n) is 15.7. The van der Waals surface area contributed by atoms with Crippen LogP contribution in [0.3, 0.4) is 0 Å². The second-order valence-corrected chi connectivity index (χ2v) is 7.94. The third-order valence-corrected chi connectivity index (χ3v) is 5.23. The summed E-state index contributed by atoms with van der Waals surface area (Å²) in [5, 5.41) is 7.87. The van der Waals surface area contributed by atoms with Crippen LogP contribution in [0.5, 0.6) is 5.75 Å². The van der Waals surface area contributed by atoms with Gasteiger partial charge in [0.2, 0.25) is 10.0 Å². The molecule has 2 aromatic rings. The fourth-order valence-corrected chi connectivity index (χ4v) is 3.06. The van der Waals surface area contributed by atoms with E-state index >= 15 is 0 Å². The first kappa shape index (κ1) is 20.9. The number of likely N-dealkylation sites (N-methyl/N-ethyl adjacent to an activating group) is 1. The number of benzene rings is 2. The van der Waals surface area contributed by atoms with Crippen LogP contribution in [-0.4, -0.2) is 34.0 Å². The van der Waals surface area contributed by atoms with E-state index in [1.54, 1.807) is 0 Å². The first-order valence-corrected chi connectivity index (χ1v) is 10.2. The van der Waals surface area contributed by atoms with Crippen LogP contribution < -0.4 is 20.1 Å². The number of anilines is 1. The summed E-state index contributed by atoms with van der Waals surface area (Å²) < 4.78 is 28.0. The smallest absolute Gasteiger partial charge is 0.282 e. The second-order valence-electron chi connectivity index (χ2n) is 6.38. The monoisotopic (exact) mass is 392 g/mol. The molecule has 1 amide bonds. The Morgan fingerprint density at radius 3 is 2.26 bits per heavy atom. The van der Waals surface area contributed by atoms with E-state index in [0.29, 0.717) is 18.8 Å². The van der Waals surface area contributed by atoms with E-state index in [0.717, 1.165) is 16.2 Å². The molecule has 0 radical (unpaired) electrons. The third-order valence-electron chi connectivity index (χ3n) is 4.30. The highest BCUT2D eigenvalue weighted by Crippen LogP contribution is 2.13. The molecule has 0 bridgehead atoms. The van der Waals surface area contributed by atoms with Crippen LogP contribution in [0, 0.1) is 0 Å². The minimum Gasteiger partial charge on any atom is -0.494 e. The first-order valence-electron chi connectivity index (χ1n) is 8.68. The molecule has 2 atom stereocenters. The lowest BCUT2D eigenvalue weighted by Crippen LogP contribution is -3.12. The van der Waals surface area contributed by atoms with Crippen LogP contribution in [0.4, 0.5) is 5.69 Å². The van der Waals surface area contributed by atoms with E-state index in [9.17, 15) is 13.2 Å². The van der Waals surface area contributed by atoms with E-state index < -0.39 is 10.0 Å². The van der Waals surface area contributed by atoms with Crippen molar-refractivity contribution in [1.82, 2.24) is 0 Å². The van der Waals surface area contributed by atoms with Crippen LogP contribution in [0.1, 0.15) is 19.4 Å². The van der Waals surface area contributed by atoms with E-state index in [1.807, 2.05) is 45.2 Å². The Balaban J connectivity index is 1.95. The number of sulfonamides is 1. The second kappa shape index (κ2) is 8.98. The van der Waals surface area contributed by atoms with Gasteiger partial charge in [0.15, 0.2) is 6.04 Å². The topological polar surface area (TPSA) is 103 Å². The molecule has 146 valence electrons. The quantitative estimate of drug-likeness (QED) is 0.617. The number of hydrogen-bond acceptors (Lipinski definition) is 4. The number of carbonyl (C=O) groups excluding carboxylic acids is 1. The average Bonchev–Trinajstić information content (AvgIpc) is 2.62. The number of rotatable bonds is 8. The molecule has 0 saturated carbocycles. The van der Waals surface area contributed by atoms with Gasteiger partial charge in [-0.1, -0.05) is 0 Å². The Morgan fingerprint density at radius 1 is 1.15 bits per heavy atom. The summed E-state index contributed by atoms with van der Waals surface area (Å²) in [5.74, 6) is 0.675. The molecule has 0 saturated heterocycles. The zero-order chi connectivity index (χ0) is 20.0. The van der Waals surface area contributed by atoms with Crippen molar-refractivity contribution in [3.63, 3.8) is 0 Å². The van der Waals surface area contributed by atoms with Gasteiger partial charge in [-0.25, -0.2) is 13.6 Å². The van der Waals surface area contributed by atoms with Gasteiger partial charge in [0.05, 0.1) is 18.6 Å². The van der Waals surface area contributed by atoms with Crippen molar-refractivity contribution in [1.29, 1.82) is 0 Å². The van der Waals surface area contributed by atoms with Gasteiger partial charge in [-0.2, -0.15) is 0 Å². The SMILES string of the molecule is CCOc1ccc(C[NH+](C)[C@H](C)C(=O)Nc2ccc(S(N)(=O)=O)cc2)cc1. The van der Waals surface area contributed by atoms with Crippen molar-refractivity contribution in [2.45, 2.75) is 31.3 Å². The number of nitrogens with one attached hydrogen (secondary N) is 2. The number of carbonyl (C=O) groups is 1.